The van der Waals surface area contributed by atoms with Gasteiger partial charge in [-0.05, 0) is 18.4 Å². The van der Waals surface area contributed by atoms with Gasteiger partial charge in [0, 0.05) is 29.7 Å². The van der Waals surface area contributed by atoms with Crippen molar-refractivity contribution in [1.82, 2.24) is 10.4 Å². The Bertz CT molecular complexity index is 309. The Kier molecular flexibility index (Phi) is 2.65. The van der Waals surface area contributed by atoms with Gasteiger partial charge in [0.1, 0.15) is 0 Å². The van der Waals surface area contributed by atoms with Gasteiger partial charge in [0.05, 0.1) is 0 Å². The highest BCUT2D eigenvalue weighted by Crippen LogP contribution is 2.38. The molecule has 0 saturated heterocycles. The molecule has 1 heterocycles. The summed E-state index contributed by atoms with van der Waals surface area (Å²) in [7, 11) is 0. The summed E-state index contributed by atoms with van der Waals surface area (Å²) < 4.78 is 0. The van der Waals surface area contributed by atoms with E-state index in [1.807, 2.05) is 6.07 Å². The molecule has 76 valence electrons. The van der Waals surface area contributed by atoms with Gasteiger partial charge in [-0.3, -0.25) is 16.3 Å². The van der Waals surface area contributed by atoms with Crippen molar-refractivity contribution in [2.45, 2.75) is 25.3 Å². The lowest BCUT2D eigenvalue weighted by Crippen LogP contribution is -2.29. The van der Waals surface area contributed by atoms with E-state index in [9.17, 15) is 0 Å². The third-order valence-electron chi connectivity index (χ3n) is 2.73. The molecule has 4 heteroatoms. The first-order valence-electron chi connectivity index (χ1n) is 4.96. The molecule has 2 rings (SSSR count). The topological polar surface area (TPSA) is 77.0 Å². The van der Waals surface area contributed by atoms with Gasteiger partial charge >= 0.3 is 0 Å². The number of hydrogen-bond acceptors (Lipinski definition) is 4. The van der Waals surface area contributed by atoms with Gasteiger partial charge in [0.15, 0.2) is 0 Å². The summed E-state index contributed by atoms with van der Waals surface area (Å²) in [5.74, 6) is 6.33. The van der Waals surface area contributed by atoms with E-state index < -0.39 is 0 Å². The fourth-order valence-electron chi connectivity index (χ4n) is 1.68. The van der Waals surface area contributed by atoms with Crippen molar-refractivity contribution in [3.05, 3.63) is 24.0 Å². The maximum Gasteiger partial charge on any atom is 0.0498 e. The molecule has 1 aliphatic rings. The van der Waals surface area contributed by atoms with Crippen molar-refractivity contribution in [1.29, 1.82) is 0 Å². The minimum absolute atomic E-state index is 0.149. The van der Waals surface area contributed by atoms with E-state index in [1.54, 1.807) is 12.4 Å². The van der Waals surface area contributed by atoms with Crippen LogP contribution in [-0.2, 0) is 0 Å². The fraction of sp³-hybridized carbons (Fsp3) is 0.500. The van der Waals surface area contributed by atoms with E-state index in [-0.39, 0.29) is 6.04 Å². The summed E-state index contributed by atoms with van der Waals surface area (Å²) in [5.41, 5.74) is 10.5. The van der Waals surface area contributed by atoms with E-state index in [1.165, 1.54) is 12.8 Å². The second-order valence-corrected chi connectivity index (χ2v) is 3.90. The molecule has 1 saturated carbocycles. The number of nitrogens with zero attached hydrogens (tertiary/aromatic N) is 1. The van der Waals surface area contributed by atoms with Crippen molar-refractivity contribution in [2.75, 3.05) is 5.73 Å². The summed E-state index contributed by atoms with van der Waals surface area (Å²) in [4.78, 5) is 4.07. The maximum absolute atomic E-state index is 5.86. The van der Waals surface area contributed by atoms with E-state index in [0.717, 1.165) is 23.6 Å². The molecule has 1 aromatic rings. The van der Waals surface area contributed by atoms with Crippen molar-refractivity contribution in [3.63, 3.8) is 0 Å². The number of pyridine rings is 1. The summed E-state index contributed by atoms with van der Waals surface area (Å²) in [5, 5.41) is 0. The number of anilines is 1. The molecule has 1 atom stereocenters. The first kappa shape index (κ1) is 9.43. The molecule has 0 spiro atoms. The molecule has 0 aliphatic heterocycles. The number of nitrogens with one attached hydrogen (secondary N) is 1. The summed E-state index contributed by atoms with van der Waals surface area (Å²) in [6.07, 6.45) is 7.19. The highest BCUT2D eigenvalue weighted by atomic mass is 15.2. The Hall–Kier alpha value is -1.13. The molecule has 0 amide bonds. The maximum atomic E-state index is 5.86. The zero-order valence-electron chi connectivity index (χ0n) is 8.11. The van der Waals surface area contributed by atoms with Crippen molar-refractivity contribution in [2.24, 2.45) is 11.8 Å². The van der Waals surface area contributed by atoms with Crippen LogP contribution in [0.4, 0.5) is 5.69 Å². The van der Waals surface area contributed by atoms with E-state index >= 15 is 0 Å². The Balaban J connectivity index is 2.12. The van der Waals surface area contributed by atoms with Crippen LogP contribution in [0.1, 0.15) is 30.9 Å². The monoisotopic (exact) mass is 192 g/mol. The third-order valence-corrected chi connectivity index (χ3v) is 2.73. The second-order valence-electron chi connectivity index (χ2n) is 3.90. The second kappa shape index (κ2) is 3.94. The SMILES string of the molecule is NNC(CC1CC1)c1cnccc1N. The average Bonchev–Trinajstić information content (AvgIpc) is 2.99. The largest absolute Gasteiger partial charge is 0.398 e. The lowest BCUT2D eigenvalue weighted by atomic mass is 10.0. The van der Waals surface area contributed by atoms with Crippen molar-refractivity contribution < 1.29 is 0 Å². The molecular weight excluding hydrogens is 176 g/mol. The number of aromatic nitrogens is 1. The first-order valence-corrected chi connectivity index (χ1v) is 4.96. The van der Waals surface area contributed by atoms with Crippen LogP contribution in [0, 0.1) is 5.92 Å². The predicted octanol–water partition coefficient (Wildman–Crippen LogP) is 0.968. The van der Waals surface area contributed by atoms with E-state index in [0.29, 0.717) is 0 Å². The molecule has 1 fully saturated rings. The number of nitrogens with two attached hydrogens (primary N) is 2. The van der Waals surface area contributed by atoms with Crippen LogP contribution in [0.25, 0.3) is 0 Å². The first-order chi connectivity index (χ1) is 6.81. The van der Waals surface area contributed by atoms with E-state index in [4.69, 9.17) is 11.6 Å². The summed E-state index contributed by atoms with van der Waals surface area (Å²) >= 11 is 0. The van der Waals surface area contributed by atoms with Gasteiger partial charge < -0.3 is 5.73 Å². The van der Waals surface area contributed by atoms with Gasteiger partial charge in [-0.25, -0.2) is 0 Å². The molecule has 0 aromatic carbocycles. The molecule has 4 nitrogen and oxygen atoms in total. The highest BCUT2D eigenvalue weighted by Gasteiger charge is 2.26. The molecule has 5 N–H and O–H groups in total. The smallest absolute Gasteiger partial charge is 0.0498 e. The molecule has 1 aliphatic carbocycles. The lowest BCUT2D eigenvalue weighted by Gasteiger charge is -2.17. The number of rotatable bonds is 4. The van der Waals surface area contributed by atoms with Crippen LogP contribution >= 0.6 is 0 Å². The third kappa shape index (κ3) is 2.02. The van der Waals surface area contributed by atoms with Gasteiger partial charge in [-0.15, -0.1) is 0 Å². The van der Waals surface area contributed by atoms with Gasteiger partial charge in [0.25, 0.3) is 0 Å². The van der Waals surface area contributed by atoms with Gasteiger partial charge in [-0.2, -0.15) is 0 Å². The molecule has 1 unspecified atom stereocenters. The minimum atomic E-state index is 0.149. The zero-order valence-corrected chi connectivity index (χ0v) is 8.11. The average molecular weight is 192 g/mol. The Morgan fingerprint density at radius 2 is 2.36 bits per heavy atom. The van der Waals surface area contributed by atoms with Crippen LogP contribution in [0.15, 0.2) is 18.5 Å². The number of hydrogen-bond donors (Lipinski definition) is 3. The molecule has 0 radical (unpaired) electrons. The molecular formula is C10H16N4. The zero-order chi connectivity index (χ0) is 9.97. The number of nitrogen functional groups attached to an aromatic ring is 1. The Morgan fingerprint density at radius 1 is 1.57 bits per heavy atom. The van der Waals surface area contributed by atoms with Crippen LogP contribution in [0.5, 0.6) is 0 Å². The Morgan fingerprint density at radius 3 is 2.93 bits per heavy atom. The van der Waals surface area contributed by atoms with Gasteiger partial charge in [0.2, 0.25) is 0 Å². The van der Waals surface area contributed by atoms with Crippen LogP contribution < -0.4 is 17.0 Å². The summed E-state index contributed by atoms with van der Waals surface area (Å²) in [6, 6.07) is 1.96. The fourth-order valence-corrected chi connectivity index (χ4v) is 1.68. The minimum Gasteiger partial charge on any atom is -0.398 e. The standard InChI is InChI=1S/C10H16N4/c11-9-3-4-13-6-8(9)10(14-12)5-7-1-2-7/h3-4,6-7,10,14H,1-2,5,12H2,(H2,11,13). The number of hydrazine groups is 1. The molecule has 0 bridgehead atoms. The van der Waals surface area contributed by atoms with Crippen LogP contribution in [0.2, 0.25) is 0 Å². The van der Waals surface area contributed by atoms with Crippen molar-refractivity contribution in [3.8, 4) is 0 Å². The molecule has 14 heavy (non-hydrogen) atoms. The van der Waals surface area contributed by atoms with Crippen LogP contribution in [0.3, 0.4) is 0 Å². The van der Waals surface area contributed by atoms with Gasteiger partial charge in [-0.1, -0.05) is 12.8 Å². The predicted molar refractivity (Wildman–Crippen MR) is 56.1 cm³/mol. The quantitative estimate of drug-likeness (QED) is 0.490. The Labute approximate surface area is 83.7 Å². The van der Waals surface area contributed by atoms with Crippen LogP contribution in [-0.4, -0.2) is 4.98 Å². The summed E-state index contributed by atoms with van der Waals surface area (Å²) in [6.45, 7) is 0. The highest BCUT2D eigenvalue weighted by molar-refractivity contribution is 5.46. The van der Waals surface area contributed by atoms with Crippen molar-refractivity contribution >= 4 is 5.69 Å². The lowest BCUT2D eigenvalue weighted by molar-refractivity contribution is 0.487. The normalized spacial score (nSPS) is 18.1. The van der Waals surface area contributed by atoms with E-state index in [2.05, 4.69) is 10.4 Å². The molecule has 1 aromatic heterocycles.